The lowest BCUT2D eigenvalue weighted by atomic mass is 10.1. The Morgan fingerprint density at radius 1 is 1.17 bits per heavy atom. The molecule has 0 unspecified atom stereocenters. The molecule has 1 aliphatic rings. The van der Waals surface area contributed by atoms with Crippen LogP contribution in [0.1, 0.15) is 21.5 Å². The van der Waals surface area contributed by atoms with Crippen LogP contribution in [0, 0.1) is 0 Å². The zero-order valence-corrected chi connectivity index (χ0v) is 13.5. The third-order valence-electron chi connectivity index (χ3n) is 3.96. The first-order valence-corrected chi connectivity index (χ1v) is 7.83. The highest BCUT2D eigenvalue weighted by Gasteiger charge is 2.21. The fourth-order valence-corrected chi connectivity index (χ4v) is 2.76. The Balaban J connectivity index is 1.74. The maximum atomic E-state index is 11.9. The minimum atomic E-state index is -0.201. The molecule has 0 saturated heterocycles. The van der Waals surface area contributed by atoms with Gasteiger partial charge in [-0.3, -0.25) is 4.79 Å². The Bertz CT molecular complexity index is 760. The summed E-state index contributed by atoms with van der Waals surface area (Å²) in [6.07, 6.45) is 0. The Morgan fingerprint density at radius 2 is 1.96 bits per heavy atom. The largest absolute Gasteiger partial charge is 0.349 e. The number of carbonyl (C=O) groups excluding carboxylic acids is 2. The quantitative estimate of drug-likeness (QED) is 0.803. The first-order valence-electron chi connectivity index (χ1n) is 7.83. The van der Waals surface area contributed by atoms with Crippen molar-refractivity contribution in [3.05, 3.63) is 65.2 Å². The van der Waals surface area contributed by atoms with Crippen molar-refractivity contribution in [2.75, 3.05) is 18.6 Å². The van der Waals surface area contributed by atoms with Gasteiger partial charge in [-0.05, 0) is 23.3 Å². The molecule has 0 bridgehead atoms. The molecule has 3 rings (SSSR count). The van der Waals surface area contributed by atoms with Gasteiger partial charge in [0.05, 0.1) is 17.9 Å². The maximum Gasteiger partial charge on any atom is 0.314 e. The van der Waals surface area contributed by atoms with E-state index in [2.05, 4.69) is 26.9 Å². The number of para-hydroxylation sites is 1. The maximum absolute atomic E-state index is 11.9. The Morgan fingerprint density at radius 3 is 2.79 bits per heavy atom. The Labute approximate surface area is 140 Å². The number of nitrogens with zero attached hydrogens (tertiary/aromatic N) is 1. The summed E-state index contributed by atoms with van der Waals surface area (Å²) in [6.45, 7) is 1.64. The molecule has 0 saturated carbocycles. The lowest BCUT2D eigenvalue weighted by Gasteiger charge is -2.31. The molecule has 124 valence electrons. The van der Waals surface area contributed by atoms with Crippen LogP contribution < -0.4 is 20.9 Å². The minimum Gasteiger partial charge on any atom is -0.349 e. The van der Waals surface area contributed by atoms with Crippen LogP contribution in [-0.4, -0.2) is 25.7 Å². The van der Waals surface area contributed by atoms with Crippen molar-refractivity contribution in [1.82, 2.24) is 16.0 Å². The van der Waals surface area contributed by atoms with E-state index in [9.17, 15) is 9.59 Å². The lowest BCUT2D eigenvalue weighted by Crippen LogP contribution is -2.43. The molecular formula is C18H20N4O2. The van der Waals surface area contributed by atoms with Crippen LogP contribution in [0.5, 0.6) is 0 Å². The Kier molecular flexibility index (Phi) is 4.65. The third kappa shape index (κ3) is 3.48. The van der Waals surface area contributed by atoms with E-state index in [1.807, 2.05) is 42.5 Å². The van der Waals surface area contributed by atoms with Crippen molar-refractivity contribution < 1.29 is 9.59 Å². The SMILES string of the molecule is CNC(=O)NCc1cccc(CN2CNC(=O)c3ccccc32)c1. The van der Waals surface area contributed by atoms with Crippen molar-refractivity contribution in [3.8, 4) is 0 Å². The molecule has 3 amide bonds. The molecule has 24 heavy (non-hydrogen) atoms. The summed E-state index contributed by atoms with van der Waals surface area (Å²) >= 11 is 0. The molecule has 1 aliphatic heterocycles. The zero-order chi connectivity index (χ0) is 16.9. The van der Waals surface area contributed by atoms with E-state index < -0.39 is 0 Å². The van der Waals surface area contributed by atoms with Crippen molar-refractivity contribution in [1.29, 1.82) is 0 Å². The highest BCUT2D eigenvalue weighted by molar-refractivity contribution is 6.01. The average molecular weight is 324 g/mol. The molecule has 1 heterocycles. The summed E-state index contributed by atoms with van der Waals surface area (Å²) in [5, 5.41) is 8.21. The normalized spacial score (nSPS) is 13.0. The molecule has 6 heteroatoms. The molecule has 0 atom stereocenters. The van der Waals surface area contributed by atoms with Gasteiger partial charge in [0.15, 0.2) is 0 Å². The predicted octanol–water partition coefficient (Wildman–Crippen LogP) is 1.82. The van der Waals surface area contributed by atoms with E-state index in [4.69, 9.17) is 0 Å². The standard InChI is InChI=1S/C18H20N4O2/c1-19-18(24)20-10-13-5-4-6-14(9-13)11-22-12-21-17(23)15-7-2-3-8-16(15)22/h2-9H,10-12H2,1H3,(H,21,23)(H2,19,20,24). The highest BCUT2D eigenvalue weighted by Crippen LogP contribution is 2.24. The smallest absolute Gasteiger partial charge is 0.314 e. The molecule has 0 radical (unpaired) electrons. The highest BCUT2D eigenvalue weighted by atomic mass is 16.2. The van der Waals surface area contributed by atoms with Gasteiger partial charge in [0.2, 0.25) is 0 Å². The predicted molar refractivity (Wildman–Crippen MR) is 92.7 cm³/mol. The molecule has 6 nitrogen and oxygen atoms in total. The number of anilines is 1. The molecule has 0 aliphatic carbocycles. The number of nitrogens with one attached hydrogen (secondary N) is 3. The summed E-state index contributed by atoms with van der Waals surface area (Å²) in [4.78, 5) is 25.3. The first kappa shape index (κ1) is 15.9. The van der Waals surface area contributed by atoms with Gasteiger partial charge in [-0.2, -0.15) is 0 Å². The number of amides is 3. The average Bonchev–Trinajstić information content (AvgIpc) is 2.62. The second-order valence-corrected chi connectivity index (χ2v) is 5.63. The van der Waals surface area contributed by atoms with Crippen molar-refractivity contribution >= 4 is 17.6 Å². The van der Waals surface area contributed by atoms with E-state index in [-0.39, 0.29) is 11.9 Å². The second-order valence-electron chi connectivity index (χ2n) is 5.63. The van der Waals surface area contributed by atoms with Gasteiger partial charge in [0, 0.05) is 20.1 Å². The number of hydrogen-bond donors (Lipinski definition) is 3. The van der Waals surface area contributed by atoms with Crippen LogP contribution in [0.3, 0.4) is 0 Å². The van der Waals surface area contributed by atoms with E-state index in [0.717, 1.165) is 16.8 Å². The fraction of sp³-hybridized carbons (Fsp3) is 0.222. The number of rotatable bonds is 4. The van der Waals surface area contributed by atoms with Crippen LogP contribution >= 0.6 is 0 Å². The summed E-state index contributed by atoms with van der Waals surface area (Å²) in [5.41, 5.74) is 3.79. The van der Waals surface area contributed by atoms with Crippen molar-refractivity contribution in [2.45, 2.75) is 13.1 Å². The minimum absolute atomic E-state index is 0.0367. The topological polar surface area (TPSA) is 73.5 Å². The molecular weight excluding hydrogens is 304 g/mol. The van der Waals surface area contributed by atoms with E-state index >= 15 is 0 Å². The van der Waals surface area contributed by atoms with E-state index in [1.54, 1.807) is 7.05 Å². The van der Waals surface area contributed by atoms with Crippen LogP contribution in [0.4, 0.5) is 10.5 Å². The van der Waals surface area contributed by atoms with Crippen LogP contribution in [0.2, 0.25) is 0 Å². The van der Waals surface area contributed by atoms with Gasteiger partial charge in [-0.25, -0.2) is 4.79 Å². The van der Waals surface area contributed by atoms with Crippen LogP contribution in [0.15, 0.2) is 48.5 Å². The van der Waals surface area contributed by atoms with Crippen LogP contribution in [0.25, 0.3) is 0 Å². The summed E-state index contributed by atoms with van der Waals surface area (Å²) in [7, 11) is 1.59. The molecule has 3 N–H and O–H groups in total. The van der Waals surface area contributed by atoms with E-state index in [0.29, 0.717) is 25.3 Å². The van der Waals surface area contributed by atoms with Crippen LogP contribution in [-0.2, 0) is 13.1 Å². The van der Waals surface area contributed by atoms with Gasteiger partial charge >= 0.3 is 6.03 Å². The lowest BCUT2D eigenvalue weighted by molar-refractivity contribution is 0.0947. The number of hydrogen-bond acceptors (Lipinski definition) is 3. The molecule has 2 aromatic carbocycles. The van der Waals surface area contributed by atoms with Gasteiger partial charge in [-0.1, -0.05) is 36.4 Å². The van der Waals surface area contributed by atoms with Gasteiger partial charge in [0.1, 0.15) is 0 Å². The van der Waals surface area contributed by atoms with Gasteiger partial charge < -0.3 is 20.9 Å². The third-order valence-corrected chi connectivity index (χ3v) is 3.96. The first-order chi connectivity index (χ1) is 11.7. The fourth-order valence-electron chi connectivity index (χ4n) is 2.76. The van der Waals surface area contributed by atoms with Crippen molar-refractivity contribution in [3.63, 3.8) is 0 Å². The molecule has 2 aromatic rings. The van der Waals surface area contributed by atoms with Gasteiger partial charge in [-0.15, -0.1) is 0 Å². The van der Waals surface area contributed by atoms with Crippen molar-refractivity contribution in [2.24, 2.45) is 0 Å². The molecule has 0 aromatic heterocycles. The van der Waals surface area contributed by atoms with Gasteiger partial charge in [0.25, 0.3) is 5.91 Å². The monoisotopic (exact) mass is 324 g/mol. The number of carbonyl (C=O) groups is 2. The van der Waals surface area contributed by atoms with E-state index in [1.165, 1.54) is 0 Å². The number of urea groups is 1. The molecule has 0 spiro atoms. The molecule has 0 fully saturated rings. The number of benzene rings is 2. The summed E-state index contributed by atoms with van der Waals surface area (Å²) in [6, 6.07) is 15.5. The second kappa shape index (κ2) is 7.04. The summed E-state index contributed by atoms with van der Waals surface area (Å²) < 4.78 is 0. The zero-order valence-electron chi connectivity index (χ0n) is 13.5. The summed E-state index contributed by atoms with van der Waals surface area (Å²) in [5.74, 6) is -0.0367. The Hall–Kier alpha value is -3.02. The number of fused-ring (bicyclic) bond motifs is 1.